The average Bonchev–Trinajstić information content (AvgIpc) is 2.92. The topological polar surface area (TPSA) is 86.3 Å². The van der Waals surface area contributed by atoms with Crippen LogP contribution in [-0.2, 0) is 4.79 Å². The highest BCUT2D eigenvalue weighted by molar-refractivity contribution is 14.0. The molecule has 0 atom stereocenters. The highest BCUT2D eigenvalue weighted by Gasteiger charge is 2.27. The van der Waals surface area contributed by atoms with Gasteiger partial charge in [-0.05, 0) is 24.3 Å². The summed E-state index contributed by atoms with van der Waals surface area (Å²) in [5, 5.41) is 5.56. The monoisotopic (exact) mass is 479 g/mol. The first-order valence-corrected chi connectivity index (χ1v) is 7.89. The standard InChI is InChI=1S/C16H22FN5O3.HI/c1-18-15(19-7-8-22-14(23)11-20-16(22)24)21(2)9-10-25-13-5-3-12(17)4-6-13;/h3-6H,7-11H2,1-2H3,(H,18,19)(H,20,24);1H. The van der Waals surface area contributed by atoms with Gasteiger partial charge in [-0.25, -0.2) is 9.18 Å². The van der Waals surface area contributed by atoms with E-state index in [0.29, 0.717) is 31.4 Å². The molecule has 1 aliphatic heterocycles. The van der Waals surface area contributed by atoms with Crippen molar-refractivity contribution >= 4 is 41.9 Å². The van der Waals surface area contributed by atoms with Crippen molar-refractivity contribution in [2.24, 2.45) is 4.99 Å². The van der Waals surface area contributed by atoms with Gasteiger partial charge in [0, 0.05) is 27.2 Å². The molecule has 26 heavy (non-hydrogen) atoms. The Balaban J connectivity index is 0.00000338. The Bertz CT molecular complexity index is 625. The fraction of sp³-hybridized carbons (Fsp3) is 0.438. The van der Waals surface area contributed by atoms with Gasteiger partial charge in [-0.15, -0.1) is 24.0 Å². The second kappa shape index (κ2) is 10.8. The Kier molecular flexibility index (Phi) is 9.10. The molecule has 1 aromatic rings. The van der Waals surface area contributed by atoms with E-state index in [4.69, 9.17) is 4.74 Å². The molecule has 1 saturated heterocycles. The van der Waals surface area contributed by atoms with Gasteiger partial charge in [0.1, 0.15) is 18.2 Å². The van der Waals surface area contributed by atoms with Crippen LogP contribution in [-0.4, -0.2) is 74.6 Å². The van der Waals surface area contributed by atoms with Gasteiger partial charge < -0.3 is 20.3 Å². The molecular weight excluding hydrogens is 456 g/mol. The van der Waals surface area contributed by atoms with Crippen LogP contribution in [0.15, 0.2) is 29.3 Å². The molecule has 1 heterocycles. The summed E-state index contributed by atoms with van der Waals surface area (Å²) in [6.07, 6.45) is 0. The number of nitrogens with zero attached hydrogens (tertiary/aromatic N) is 3. The first-order valence-electron chi connectivity index (χ1n) is 7.89. The molecule has 0 aliphatic carbocycles. The molecule has 144 valence electrons. The number of carbonyl (C=O) groups is 2. The Morgan fingerprint density at radius 1 is 1.38 bits per heavy atom. The molecule has 2 N–H and O–H groups in total. The number of aliphatic imine (C=N–C) groups is 1. The zero-order chi connectivity index (χ0) is 18.2. The lowest BCUT2D eigenvalue weighted by Crippen LogP contribution is -2.44. The number of hydrogen-bond acceptors (Lipinski definition) is 4. The van der Waals surface area contributed by atoms with Crippen molar-refractivity contribution in [3.8, 4) is 5.75 Å². The predicted molar refractivity (Wildman–Crippen MR) is 106 cm³/mol. The summed E-state index contributed by atoms with van der Waals surface area (Å²) in [5.74, 6) is 0.674. The maximum absolute atomic E-state index is 12.8. The highest BCUT2D eigenvalue weighted by Crippen LogP contribution is 2.10. The summed E-state index contributed by atoms with van der Waals surface area (Å²) in [5.41, 5.74) is 0. The quantitative estimate of drug-likeness (QED) is 0.263. The van der Waals surface area contributed by atoms with E-state index in [2.05, 4.69) is 15.6 Å². The fourth-order valence-corrected chi connectivity index (χ4v) is 2.28. The SMILES string of the molecule is CN=C(NCCN1C(=O)CNC1=O)N(C)CCOc1ccc(F)cc1.I. The Morgan fingerprint density at radius 3 is 2.65 bits per heavy atom. The smallest absolute Gasteiger partial charge is 0.324 e. The van der Waals surface area contributed by atoms with Crippen LogP contribution in [0.2, 0.25) is 0 Å². The number of nitrogens with one attached hydrogen (secondary N) is 2. The second-order valence-corrected chi connectivity index (χ2v) is 5.40. The molecule has 0 spiro atoms. The summed E-state index contributed by atoms with van der Waals surface area (Å²) in [7, 11) is 3.49. The molecule has 0 radical (unpaired) electrons. The van der Waals surface area contributed by atoms with Crippen LogP contribution in [0.25, 0.3) is 0 Å². The van der Waals surface area contributed by atoms with E-state index in [0.717, 1.165) is 4.90 Å². The normalized spacial score (nSPS) is 14.0. The van der Waals surface area contributed by atoms with Gasteiger partial charge in [-0.1, -0.05) is 0 Å². The van der Waals surface area contributed by atoms with Crippen molar-refractivity contribution in [2.75, 3.05) is 46.9 Å². The molecule has 0 unspecified atom stereocenters. The van der Waals surface area contributed by atoms with Crippen LogP contribution in [0, 0.1) is 5.82 Å². The molecule has 0 bridgehead atoms. The summed E-state index contributed by atoms with van der Waals surface area (Å²) in [6, 6.07) is 5.45. The zero-order valence-corrected chi connectivity index (χ0v) is 17.0. The number of rotatable bonds is 7. The number of amides is 3. The molecule has 0 aromatic heterocycles. The number of urea groups is 1. The minimum absolute atomic E-state index is 0. The summed E-state index contributed by atoms with van der Waals surface area (Å²) in [4.78, 5) is 30.1. The minimum atomic E-state index is -0.372. The molecule has 10 heteroatoms. The molecule has 0 saturated carbocycles. The number of halogens is 2. The van der Waals surface area contributed by atoms with Gasteiger partial charge >= 0.3 is 6.03 Å². The first kappa shape index (κ1) is 21.9. The lowest BCUT2D eigenvalue weighted by Gasteiger charge is -2.23. The van der Waals surface area contributed by atoms with Crippen molar-refractivity contribution in [3.63, 3.8) is 0 Å². The lowest BCUT2D eigenvalue weighted by atomic mass is 10.3. The van der Waals surface area contributed by atoms with Crippen LogP contribution in [0.4, 0.5) is 9.18 Å². The van der Waals surface area contributed by atoms with Crippen LogP contribution >= 0.6 is 24.0 Å². The van der Waals surface area contributed by atoms with Gasteiger partial charge in [0.2, 0.25) is 5.91 Å². The summed E-state index contributed by atoms with van der Waals surface area (Å²) >= 11 is 0. The van der Waals surface area contributed by atoms with Crippen LogP contribution in [0.1, 0.15) is 0 Å². The number of guanidine groups is 1. The fourth-order valence-electron chi connectivity index (χ4n) is 2.28. The van der Waals surface area contributed by atoms with Crippen LogP contribution in [0.3, 0.4) is 0 Å². The highest BCUT2D eigenvalue weighted by atomic mass is 127. The van der Waals surface area contributed by atoms with E-state index in [1.807, 2.05) is 11.9 Å². The lowest BCUT2D eigenvalue weighted by molar-refractivity contribution is -0.124. The Hall–Kier alpha value is -2.11. The van der Waals surface area contributed by atoms with E-state index in [9.17, 15) is 14.0 Å². The Labute approximate surface area is 168 Å². The van der Waals surface area contributed by atoms with Gasteiger partial charge in [0.15, 0.2) is 5.96 Å². The zero-order valence-electron chi connectivity index (χ0n) is 14.7. The number of hydrogen-bond donors (Lipinski definition) is 2. The average molecular weight is 479 g/mol. The van der Waals surface area contributed by atoms with Crippen molar-refractivity contribution in [3.05, 3.63) is 30.1 Å². The number of carbonyl (C=O) groups excluding carboxylic acids is 2. The van der Waals surface area contributed by atoms with Gasteiger partial charge in [-0.3, -0.25) is 14.7 Å². The summed E-state index contributed by atoms with van der Waals surface area (Å²) < 4.78 is 18.4. The number of ether oxygens (including phenoxy) is 1. The Morgan fingerprint density at radius 2 is 2.08 bits per heavy atom. The van der Waals surface area contributed by atoms with Crippen molar-refractivity contribution < 1.29 is 18.7 Å². The third-order valence-corrected chi connectivity index (χ3v) is 3.64. The molecule has 2 rings (SSSR count). The van der Waals surface area contributed by atoms with Gasteiger partial charge in [0.05, 0.1) is 13.1 Å². The largest absolute Gasteiger partial charge is 0.492 e. The van der Waals surface area contributed by atoms with Crippen molar-refractivity contribution in [1.82, 2.24) is 20.4 Å². The van der Waals surface area contributed by atoms with Gasteiger partial charge in [0.25, 0.3) is 0 Å². The third-order valence-electron chi connectivity index (χ3n) is 3.64. The minimum Gasteiger partial charge on any atom is -0.492 e. The number of imide groups is 1. The molecule has 1 fully saturated rings. The molecular formula is C16H23FIN5O3. The first-order chi connectivity index (χ1) is 12.0. The van der Waals surface area contributed by atoms with Gasteiger partial charge in [-0.2, -0.15) is 0 Å². The molecule has 8 nitrogen and oxygen atoms in total. The van der Waals surface area contributed by atoms with E-state index < -0.39 is 0 Å². The molecule has 3 amide bonds. The van der Waals surface area contributed by atoms with E-state index in [1.165, 1.54) is 12.1 Å². The summed E-state index contributed by atoms with van der Waals surface area (Å²) in [6.45, 7) is 1.67. The maximum Gasteiger partial charge on any atom is 0.324 e. The van der Waals surface area contributed by atoms with E-state index >= 15 is 0 Å². The number of benzene rings is 1. The predicted octanol–water partition coefficient (Wildman–Crippen LogP) is 0.881. The van der Waals surface area contributed by atoms with Crippen molar-refractivity contribution in [1.29, 1.82) is 0 Å². The van der Waals surface area contributed by atoms with Crippen LogP contribution < -0.4 is 15.4 Å². The molecule has 1 aliphatic rings. The van der Waals surface area contributed by atoms with Crippen molar-refractivity contribution in [2.45, 2.75) is 0 Å². The second-order valence-electron chi connectivity index (χ2n) is 5.40. The number of likely N-dealkylation sites (N-methyl/N-ethyl adjacent to an activating group) is 1. The third kappa shape index (κ3) is 6.32. The van der Waals surface area contributed by atoms with Crippen LogP contribution in [0.5, 0.6) is 5.75 Å². The van der Waals surface area contributed by atoms with E-state index in [-0.39, 0.29) is 54.8 Å². The van der Waals surface area contributed by atoms with E-state index in [1.54, 1.807) is 19.2 Å². The molecule has 1 aromatic carbocycles. The maximum atomic E-state index is 12.8.